The van der Waals surface area contributed by atoms with Crippen molar-refractivity contribution in [3.8, 4) is 0 Å². The van der Waals surface area contributed by atoms with Crippen molar-refractivity contribution in [2.24, 2.45) is 0 Å². The van der Waals surface area contributed by atoms with Crippen molar-refractivity contribution in [2.75, 3.05) is 0 Å². The standard InChI is InChI=1S/C17H13ClF3N3/c1-9-6-10(2-3-14(9)17(19,20)21)11-7-12(11)13-8-15(18)23-24-5-4-22-16(13)24/h2-6,8,11-12H,7H2,1H3/t11-,12+/m1/s1. The third kappa shape index (κ3) is 2.55. The molecule has 0 spiro atoms. The number of nitrogens with zero attached hydrogens (tertiary/aromatic N) is 3. The maximum Gasteiger partial charge on any atom is 0.416 e. The van der Waals surface area contributed by atoms with Gasteiger partial charge in [-0.15, -0.1) is 0 Å². The first-order chi connectivity index (χ1) is 11.3. The Morgan fingerprint density at radius 2 is 2.00 bits per heavy atom. The second kappa shape index (κ2) is 5.21. The molecule has 2 aromatic heterocycles. The molecule has 3 nitrogen and oxygen atoms in total. The van der Waals surface area contributed by atoms with E-state index in [0.717, 1.165) is 23.2 Å². The lowest BCUT2D eigenvalue weighted by atomic mass is 10.00. The molecule has 1 aliphatic rings. The highest BCUT2D eigenvalue weighted by Gasteiger charge is 2.42. The highest BCUT2D eigenvalue weighted by molar-refractivity contribution is 6.29. The van der Waals surface area contributed by atoms with Gasteiger partial charge in [0.2, 0.25) is 0 Å². The first kappa shape index (κ1) is 15.4. The van der Waals surface area contributed by atoms with Gasteiger partial charge in [0.1, 0.15) is 5.15 Å². The van der Waals surface area contributed by atoms with Crippen molar-refractivity contribution in [1.29, 1.82) is 0 Å². The summed E-state index contributed by atoms with van der Waals surface area (Å²) in [5.74, 6) is 0.386. The van der Waals surface area contributed by atoms with E-state index in [9.17, 15) is 13.2 Å². The highest BCUT2D eigenvalue weighted by Crippen LogP contribution is 2.56. The first-order valence-corrected chi connectivity index (χ1v) is 7.90. The molecule has 2 atom stereocenters. The molecule has 1 saturated carbocycles. The zero-order valence-corrected chi connectivity index (χ0v) is 13.4. The Morgan fingerprint density at radius 3 is 2.71 bits per heavy atom. The number of alkyl halides is 3. The summed E-state index contributed by atoms with van der Waals surface area (Å²) in [7, 11) is 0. The van der Waals surface area contributed by atoms with Crippen molar-refractivity contribution < 1.29 is 13.2 Å². The Kier molecular flexibility index (Phi) is 3.35. The molecule has 124 valence electrons. The Hall–Kier alpha value is -2.08. The summed E-state index contributed by atoms with van der Waals surface area (Å²) >= 11 is 6.06. The van der Waals surface area contributed by atoms with E-state index in [1.54, 1.807) is 35.1 Å². The number of aromatic nitrogens is 3. The number of rotatable bonds is 2. The smallest absolute Gasteiger partial charge is 0.235 e. The van der Waals surface area contributed by atoms with Gasteiger partial charge in [-0.05, 0) is 48.4 Å². The number of aryl methyl sites for hydroxylation is 1. The zero-order valence-electron chi connectivity index (χ0n) is 12.7. The Morgan fingerprint density at radius 1 is 1.21 bits per heavy atom. The molecule has 0 radical (unpaired) electrons. The molecular weight excluding hydrogens is 339 g/mol. The Balaban J connectivity index is 1.67. The minimum absolute atomic E-state index is 0.185. The second-order valence-electron chi connectivity index (χ2n) is 6.14. The third-order valence-corrected chi connectivity index (χ3v) is 4.72. The summed E-state index contributed by atoms with van der Waals surface area (Å²) in [5, 5.41) is 4.53. The second-order valence-corrected chi connectivity index (χ2v) is 6.53. The number of fused-ring (bicyclic) bond motifs is 1. The molecule has 3 aromatic rings. The maximum atomic E-state index is 12.9. The molecule has 2 heterocycles. The summed E-state index contributed by atoms with van der Waals surface area (Å²) in [6.07, 6.45) is -0.0634. The van der Waals surface area contributed by atoms with E-state index in [1.807, 2.05) is 0 Å². The number of halogens is 4. The van der Waals surface area contributed by atoms with Crippen molar-refractivity contribution in [2.45, 2.75) is 31.4 Å². The number of hydrogen-bond donors (Lipinski definition) is 0. The Labute approximate surface area is 141 Å². The largest absolute Gasteiger partial charge is 0.416 e. The van der Waals surface area contributed by atoms with Gasteiger partial charge in [0, 0.05) is 18.0 Å². The molecule has 0 unspecified atom stereocenters. The summed E-state index contributed by atoms with van der Waals surface area (Å²) in [4.78, 5) is 4.31. The molecule has 0 amide bonds. The van der Waals surface area contributed by atoms with E-state index in [-0.39, 0.29) is 17.4 Å². The topological polar surface area (TPSA) is 30.2 Å². The van der Waals surface area contributed by atoms with Gasteiger partial charge in [-0.2, -0.15) is 18.3 Å². The van der Waals surface area contributed by atoms with Gasteiger partial charge in [-0.1, -0.05) is 23.7 Å². The van der Waals surface area contributed by atoms with Gasteiger partial charge in [0.15, 0.2) is 5.65 Å². The minimum atomic E-state index is -4.31. The van der Waals surface area contributed by atoms with E-state index < -0.39 is 11.7 Å². The monoisotopic (exact) mass is 351 g/mol. The molecule has 0 bridgehead atoms. The average molecular weight is 352 g/mol. The van der Waals surface area contributed by atoms with Gasteiger partial charge in [-0.3, -0.25) is 0 Å². The fourth-order valence-corrected chi connectivity index (χ4v) is 3.52. The third-order valence-electron chi connectivity index (χ3n) is 4.53. The van der Waals surface area contributed by atoms with Gasteiger partial charge >= 0.3 is 6.18 Å². The van der Waals surface area contributed by atoms with Crippen LogP contribution in [0.3, 0.4) is 0 Å². The van der Waals surface area contributed by atoms with Crippen LogP contribution in [0.5, 0.6) is 0 Å². The van der Waals surface area contributed by atoms with Crippen LogP contribution in [0.4, 0.5) is 13.2 Å². The molecule has 7 heteroatoms. The van der Waals surface area contributed by atoms with Gasteiger partial charge in [0.25, 0.3) is 0 Å². The molecule has 1 fully saturated rings. The molecular formula is C17H13ClF3N3. The lowest BCUT2D eigenvalue weighted by Gasteiger charge is -2.11. The summed E-state index contributed by atoms with van der Waals surface area (Å²) in [5.41, 5.74) is 2.33. The number of hydrogen-bond acceptors (Lipinski definition) is 2. The highest BCUT2D eigenvalue weighted by atomic mass is 35.5. The van der Waals surface area contributed by atoms with E-state index in [0.29, 0.717) is 5.15 Å². The fraction of sp³-hybridized carbons (Fsp3) is 0.294. The summed E-state index contributed by atoms with van der Waals surface area (Å²) in [6, 6.07) is 6.18. The van der Waals surface area contributed by atoms with E-state index >= 15 is 0 Å². The van der Waals surface area contributed by atoms with Crippen LogP contribution in [-0.2, 0) is 6.18 Å². The van der Waals surface area contributed by atoms with Crippen molar-refractivity contribution in [1.82, 2.24) is 14.6 Å². The number of benzene rings is 1. The van der Waals surface area contributed by atoms with E-state index in [1.165, 1.54) is 13.0 Å². The number of imidazole rings is 1. The predicted octanol–water partition coefficient (Wildman–Crippen LogP) is 4.98. The lowest BCUT2D eigenvalue weighted by Crippen LogP contribution is -2.07. The summed E-state index contributed by atoms with van der Waals surface area (Å²) < 4.78 is 40.3. The lowest BCUT2D eigenvalue weighted by molar-refractivity contribution is -0.138. The van der Waals surface area contributed by atoms with Gasteiger partial charge in [-0.25, -0.2) is 9.50 Å². The van der Waals surface area contributed by atoms with Crippen molar-refractivity contribution >= 4 is 17.2 Å². The van der Waals surface area contributed by atoms with Crippen LogP contribution >= 0.6 is 11.6 Å². The van der Waals surface area contributed by atoms with Crippen LogP contribution in [0.1, 0.15) is 40.5 Å². The zero-order chi connectivity index (χ0) is 17.1. The predicted molar refractivity (Wildman–Crippen MR) is 84.3 cm³/mol. The van der Waals surface area contributed by atoms with Crippen LogP contribution < -0.4 is 0 Å². The van der Waals surface area contributed by atoms with Crippen molar-refractivity contribution in [3.63, 3.8) is 0 Å². The molecule has 1 aromatic carbocycles. The molecule has 0 aliphatic heterocycles. The van der Waals surface area contributed by atoms with Crippen LogP contribution in [0.25, 0.3) is 5.65 Å². The quantitative estimate of drug-likeness (QED) is 0.651. The molecule has 24 heavy (non-hydrogen) atoms. The molecule has 0 N–H and O–H groups in total. The molecule has 1 aliphatic carbocycles. The average Bonchev–Trinajstić information content (AvgIpc) is 3.15. The first-order valence-electron chi connectivity index (χ1n) is 7.52. The molecule has 0 saturated heterocycles. The van der Waals surface area contributed by atoms with Crippen LogP contribution in [0.15, 0.2) is 36.7 Å². The van der Waals surface area contributed by atoms with E-state index in [4.69, 9.17) is 11.6 Å². The molecule has 4 rings (SSSR count). The fourth-order valence-electron chi connectivity index (χ4n) is 3.32. The summed E-state index contributed by atoms with van der Waals surface area (Å²) in [6.45, 7) is 1.50. The van der Waals surface area contributed by atoms with Gasteiger partial charge < -0.3 is 0 Å². The van der Waals surface area contributed by atoms with E-state index in [2.05, 4.69) is 10.1 Å². The van der Waals surface area contributed by atoms with Crippen LogP contribution in [-0.4, -0.2) is 14.6 Å². The van der Waals surface area contributed by atoms with Crippen LogP contribution in [0.2, 0.25) is 5.15 Å². The maximum absolute atomic E-state index is 12.9. The van der Waals surface area contributed by atoms with Gasteiger partial charge in [0.05, 0.1) is 5.56 Å². The van der Waals surface area contributed by atoms with Crippen LogP contribution in [0, 0.1) is 6.92 Å². The SMILES string of the molecule is Cc1cc([C@H]2C[C@@H]2c2cc(Cl)nn3ccnc23)ccc1C(F)(F)F. The minimum Gasteiger partial charge on any atom is -0.235 e. The Bertz CT molecular complexity index is 932. The van der Waals surface area contributed by atoms with Crippen molar-refractivity contribution in [3.05, 3.63) is 64.1 Å². The normalized spacial score (nSPS) is 20.5.